The average Bonchev–Trinajstić information content (AvgIpc) is 3.26. The van der Waals surface area contributed by atoms with E-state index < -0.39 is 11.9 Å². The molecular weight excluding hydrogens is 466 g/mol. The third kappa shape index (κ3) is 5.93. The monoisotopic (exact) mass is 489 g/mol. The van der Waals surface area contributed by atoms with E-state index in [0.717, 1.165) is 16.9 Å². The first-order valence-electron chi connectivity index (χ1n) is 10.1. The number of hydrogen-bond donors (Lipinski definition) is 1. The number of amides is 1. The van der Waals surface area contributed by atoms with E-state index in [0.29, 0.717) is 16.2 Å². The fourth-order valence-corrected chi connectivity index (χ4v) is 4.28. The molecule has 1 N–H and O–H groups in total. The first kappa shape index (κ1) is 24.3. The minimum atomic E-state index is -0.609. The second-order valence-electron chi connectivity index (χ2n) is 7.11. The molecule has 0 aliphatic carbocycles. The fourth-order valence-electron chi connectivity index (χ4n) is 2.98. The lowest BCUT2D eigenvalue weighted by Crippen LogP contribution is -2.21. The van der Waals surface area contributed by atoms with E-state index in [4.69, 9.17) is 26.1 Å². The van der Waals surface area contributed by atoms with Crippen LogP contribution in [0.4, 0.5) is 5.00 Å². The maximum Gasteiger partial charge on any atom is 0.341 e. The predicted octanol–water partition coefficient (Wildman–Crippen LogP) is 4.48. The maximum absolute atomic E-state index is 12.7. The molecule has 0 radical (unpaired) electrons. The first-order chi connectivity index (χ1) is 15.7. The first-order valence-corrected chi connectivity index (χ1v) is 11.3. The van der Waals surface area contributed by atoms with Crippen LogP contribution >= 0.6 is 23.6 Å². The van der Waals surface area contributed by atoms with E-state index in [1.807, 2.05) is 31.2 Å². The second-order valence-corrected chi connectivity index (χ2v) is 8.48. The van der Waals surface area contributed by atoms with Crippen molar-refractivity contribution in [1.82, 2.24) is 9.78 Å². The molecule has 0 saturated heterocycles. The summed E-state index contributed by atoms with van der Waals surface area (Å²) in [6.45, 7) is 6.65. The zero-order valence-electron chi connectivity index (χ0n) is 18.6. The maximum atomic E-state index is 12.7. The predicted molar refractivity (Wildman–Crippen MR) is 124 cm³/mol. The number of thiophene rings is 1. The van der Waals surface area contributed by atoms with Crippen molar-refractivity contribution < 1.29 is 28.3 Å². The highest BCUT2D eigenvalue weighted by atomic mass is 32.1. The summed E-state index contributed by atoms with van der Waals surface area (Å²) in [4.78, 5) is 37.3. The van der Waals surface area contributed by atoms with Crippen molar-refractivity contribution in [3.8, 4) is 5.75 Å². The Labute approximate surface area is 199 Å². The summed E-state index contributed by atoms with van der Waals surface area (Å²) in [5.41, 5.74) is 1.74. The number of nitrogens with zero attached hydrogens (tertiary/aromatic N) is 2. The molecule has 3 aromatic rings. The van der Waals surface area contributed by atoms with Gasteiger partial charge in [0.15, 0.2) is 12.4 Å². The van der Waals surface area contributed by atoms with Crippen LogP contribution in [0.1, 0.15) is 50.9 Å². The Morgan fingerprint density at radius 3 is 2.55 bits per heavy atom. The van der Waals surface area contributed by atoms with Crippen molar-refractivity contribution in [2.24, 2.45) is 0 Å². The van der Waals surface area contributed by atoms with Crippen molar-refractivity contribution in [3.63, 3.8) is 0 Å². The summed E-state index contributed by atoms with van der Waals surface area (Å²) in [6, 6.07) is 7.49. The van der Waals surface area contributed by atoms with E-state index in [1.54, 1.807) is 13.8 Å². The van der Waals surface area contributed by atoms with Crippen LogP contribution in [0.5, 0.6) is 5.75 Å². The van der Waals surface area contributed by atoms with Crippen LogP contribution in [0.3, 0.4) is 0 Å². The van der Waals surface area contributed by atoms with Gasteiger partial charge in [-0.2, -0.15) is 0 Å². The summed E-state index contributed by atoms with van der Waals surface area (Å²) in [6.07, 6.45) is 0. The SMILES string of the molecule is CCOC(=O)c1c(NC(=O)Cn2nc(COc3ccc(C)cc3)oc2=S)sc(C(C)=O)c1C. The Bertz CT molecular complexity index is 1240. The Balaban J connectivity index is 1.71. The van der Waals surface area contributed by atoms with Crippen LogP contribution in [0.15, 0.2) is 28.7 Å². The van der Waals surface area contributed by atoms with E-state index in [9.17, 15) is 14.4 Å². The van der Waals surface area contributed by atoms with Gasteiger partial charge in [0.1, 0.15) is 17.3 Å². The molecule has 0 spiro atoms. The molecule has 0 fully saturated rings. The van der Waals surface area contributed by atoms with Gasteiger partial charge in [0.05, 0.1) is 17.0 Å². The molecule has 0 saturated carbocycles. The highest BCUT2D eigenvalue weighted by Crippen LogP contribution is 2.34. The standard InChI is InChI=1S/C22H23N3O6S2/c1-5-29-21(28)18-13(3)19(14(4)26)33-20(18)23-16(27)10-25-22(32)31-17(24-25)11-30-15-8-6-12(2)7-9-15/h6-9H,5,10-11H2,1-4H3,(H,23,27). The minimum absolute atomic E-state index is 0.00468. The number of ether oxygens (including phenoxy) is 2. The van der Waals surface area contributed by atoms with Gasteiger partial charge in [-0.05, 0) is 57.6 Å². The van der Waals surface area contributed by atoms with Gasteiger partial charge in [0.25, 0.3) is 10.7 Å². The number of rotatable bonds is 9. The molecule has 1 aromatic carbocycles. The largest absolute Gasteiger partial charge is 0.484 e. The molecule has 0 unspecified atom stereocenters. The summed E-state index contributed by atoms with van der Waals surface area (Å²) < 4.78 is 17.3. The Morgan fingerprint density at radius 1 is 1.21 bits per heavy atom. The highest BCUT2D eigenvalue weighted by Gasteiger charge is 2.25. The van der Waals surface area contributed by atoms with E-state index in [2.05, 4.69) is 10.4 Å². The van der Waals surface area contributed by atoms with Crippen LogP contribution in [0, 0.1) is 18.7 Å². The fraction of sp³-hybridized carbons (Fsp3) is 0.318. The molecule has 0 aliphatic rings. The number of aryl methyl sites for hydroxylation is 1. The molecule has 1 amide bonds. The lowest BCUT2D eigenvalue weighted by atomic mass is 10.1. The number of hydrogen-bond acceptors (Lipinski definition) is 9. The number of ketones is 1. The lowest BCUT2D eigenvalue weighted by molar-refractivity contribution is -0.116. The number of carbonyl (C=O) groups is 3. The quantitative estimate of drug-likeness (QED) is 0.266. The van der Waals surface area contributed by atoms with Crippen molar-refractivity contribution in [1.29, 1.82) is 0 Å². The van der Waals surface area contributed by atoms with Crippen molar-refractivity contribution >= 4 is 46.2 Å². The van der Waals surface area contributed by atoms with Gasteiger partial charge in [-0.3, -0.25) is 9.59 Å². The zero-order chi connectivity index (χ0) is 24.1. The van der Waals surface area contributed by atoms with Crippen LogP contribution in [0.25, 0.3) is 0 Å². The number of esters is 1. The third-order valence-electron chi connectivity index (χ3n) is 4.52. The van der Waals surface area contributed by atoms with Crippen LogP contribution in [-0.2, 0) is 22.7 Å². The molecule has 11 heteroatoms. The molecule has 174 valence electrons. The lowest BCUT2D eigenvalue weighted by Gasteiger charge is -2.07. The Kier molecular flexibility index (Phi) is 7.77. The van der Waals surface area contributed by atoms with Gasteiger partial charge in [0, 0.05) is 0 Å². The summed E-state index contributed by atoms with van der Waals surface area (Å²) in [7, 11) is 0. The van der Waals surface area contributed by atoms with Gasteiger partial charge in [-0.25, -0.2) is 9.48 Å². The van der Waals surface area contributed by atoms with Crippen LogP contribution in [-0.4, -0.2) is 34.0 Å². The van der Waals surface area contributed by atoms with Crippen LogP contribution in [0.2, 0.25) is 0 Å². The molecule has 2 aromatic heterocycles. The van der Waals surface area contributed by atoms with E-state index >= 15 is 0 Å². The summed E-state index contributed by atoms with van der Waals surface area (Å²) in [5.74, 6) is -0.448. The highest BCUT2D eigenvalue weighted by molar-refractivity contribution is 7.71. The molecular formula is C22H23N3O6S2. The molecule has 0 bridgehead atoms. The van der Waals surface area contributed by atoms with Gasteiger partial charge in [0.2, 0.25) is 5.91 Å². The zero-order valence-corrected chi connectivity index (χ0v) is 20.2. The smallest absolute Gasteiger partial charge is 0.341 e. The van der Waals surface area contributed by atoms with E-state index in [1.165, 1.54) is 11.6 Å². The van der Waals surface area contributed by atoms with Crippen molar-refractivity contribution in [2.75, 3.05) is 11.9 Å². The van der Waals surface area contributed by atoms with E-state index in [-0.39, 0.29) is 46.8 Å². The number of benzene rings is 1. The van der Waals surface area contributed by atoms with Gasteiger partial charge < -0.3 is 19.2 Å². The number of Topliss-reactive ketones (excluding diaryl/α,β-unsaturated/α-hetero) is 1. The molecule has 0 atom stereocenters. The Hall–Kier alpha value is -3.31. The summed E-state index contributed by atoms with van der Waals surface area (Å²) in [5, 5.41) is 7.08. The van der Waals surface area contributed by atoms with Crippen molar-refractivity contribution in [3.05, 3.63) is 56.6 Å². The number of aromatic nitrogens is 2. The Morgan fingerprint density at radius 2 is 1.91 bits per heavy atom. The van der Waals surface area contributed by atoms with Crippen molar-refractivity contribution in [2.45, 2.75) is 40.8 Å². The molecule has 2 heterocycles. The molecule has 0 aliphatic heterocycles. The minimum Gasteiger partial charge on any atom is -0.484 e. The molecule has 33 heavy (non-hydrogen) atoms. The van der Waals surface area contributed by atoms with Gasteiger partial charge in [-0.1, -0.05) is 17.7 Å². The second kappa shape index (κ2) is 10.5. The van der Waals surface area contributed by atoms with Gasteiger partial charge in [-0.15, -0.1) is 16.4 Å². The number of carbonyl (C=O) groups excluding carboxylic acids is 3. The number of nitrogens with one attached hydrogen (secondary N) is 1. The normalized spacial score (nSPS) is 10.7. The van der Waals surface area contributed by atoms with Crippen LogP contribution < -0.4 is 10.1 Å². The molecule has 9 nitrogen and oxygen atoms in total. The third-order valence-corrected chi connectivity index (χ3v) is 6.13. The average molecular weight is 490 g/mol. The number of anilines is 1. The topological polar surface area (TPSA) is 113 Å². The van der Waals surface area contributed by atoms with Gasteiger partial charge >= 0.3 is 5.97 Å². The summed E-state index contributed by atoms with van der Waals surface area (Å²) >= 11 is 6.17. The molecule has 3 rings (SSSR count).